The zero-order valence-corrected chi connectivity index (χ0v) is 26.8. The molecular weight excluding hydrogens is 496 g/mol. The summed E-state index contributed by atoms with van der Waals surface area (Å²) in [5, 5.41) is 22.4. The summed E-state index contributed by atoms with van der Waals surface area (Å²) in [5.41, 5.74) is 1.78. The standard InChI is InChI=1S/C30H46O5Si2/c1-28(2,3)36(9,10)34-20-13-15-22(25(31)17-20)24-19-33-26-18-21(35-37(11,12)29(4,5)6)14-16-23(26)27(24)30(7,8)32/h13-18,31-32H,19H2,1-12H3. The molecule has 0 bridgehead atoms. The highest BCUT2D eigenvalue weighted by Crippen LogP contribution is 2.47. The van der Waals surface area contributed by atoms with Gasteiger partial charge in [-0.25, -0.2) is 0 Å². The van der Waals surface area contributed by atoms with Gasteiger partial charge in [-0.3, -0.25) is 0 Å². The normalized spacial score (nSPS) is 15.3. The lowest BCUT2D eigenvalue weighted by Gasteiger charge is -2.37. The predicted octanol–water partition coefficient (Wildman–Crippen LogP) is 8.23. The molecule has 0 saturated heterocycles. The van der Waals surface area contributed by atoms with Crippen LogP contribution in [0.1, 0.15) is 66.5 Å². The van der Waals surface area contributed by atoms with Crippen molar-refractivity contribution >= 4 is 27.8 Å². The molecule has 0 aliphatic carbocycles. The highest BCUT2D eigenvalue weighted by atomic mass is 28.4. The Morgan fingerprint density at radius 1 is 0.730 bits per heavy atom. The average Bonchev–Trinajstić information content (AvgIpc) is 2.70. The molecule has 0 aromatic heterocycles. The van der Waals surface area contributed by atoms with Crippen LogP contribution in [0.25, 0.3) is 11.1 Å². The van der Waals surface area contributed by atoms with Gasteiger partial charge in [0.25, 0.3) is 0 Å². The summed E-state index contributed by atoms with van der Waals surface area (Å²) in [7, 11) is -4.06. The van der Waals surface area contributed by atoms with Gasteiger partial charge in [-0.2, -0.15) is 0 Å². The van der Waals surface area contributed by atoms with Crippen LogP contribution in [0.15, 0.2) is 36.4 Å². The zero-order valence-electron chi connectivity index (χ0n) is 24.8. The molecule has 0 atom stereocenters. The number of benzene rings is 2. The average molecular weight is 543 g/mol. The van der Waals surface area contributed by atoms with Gasteiger partial charge < -0.3 is 23.8 Å². The molecule has 7 heteroatoms. The minimum absolute atomic E-state index is 0.0476. The summed E-state index contributed by atoms with van der Waals surface area (Å²) in [6.45, 7) is 25.8. The second-order valence-corrected chi connectivity index (χ2v) is 23.2. The molecule has 37 heavy (non-hydrogen) atoms. The molecule has 0 spiro atoms. The lowest BCUT2D eigenvalue weighted by atomic mass is 9.83. The number of hydrogen-bond acceptors (Lipinski definition) is 5. The first kappa shape index (κ1) is 29.3. The molecule has 1 aliphatic heterocycles. The van der Waals surface area contributed by atoms with Crippen LogP contribution in [0.4, 0.5) is 0 Å². The summed E-state index contributed by atoms with van der Waals surface area (Å²) >= 11 is 0. The number of ether oxygens (including phenoxy) is 1. The number of phenolic OH excluding ortho intramolecular Hbond substituents is 1. The highest BCUT2D eigenvalue weighted by Gasteiger charge is 2.40. The lowest BCUT2D eigenvalue weighted by molar-refractivity contribution is 0.142. The van der Waals surface area contributed by atoms with Gasteiger partial charge in [0.1, 0.15) is 29.6 Å². The second-order valence-electron chi connectivity index (χ2n) is 13.8. The van der Waals surface area contributed by atoms with Crippen molar-refractivity contribution in [2.24, 2.45) is 0 Å². The summed E-state index contributed by atoms with van der Waals surface area (Å²) in [5.74, 6) is 2.22. The number of aromatic hydroxyl groups is 1. The summed E-state index contributed by atoms with van der Waals surface area (Å²) in [6.07, 6.45) is 0. The molecule has 0 saturated carbocycles. The smallest absolute Gasteiger partial charge is 0.250 e. The minimum atomic E-state index is -2.05. The predicted molar refractivity (Wildman–Crippen MR) is 159 cm³/mol. The molecule has 0 radical (unpaired) electrons. The van der Waals surface area contributed by atoms with Crippen LogP contribution in [0, 0.1) is 0 Å². The van der Waals surface area contributed by atoms with E-state index < -0.39 is 22.2 Å². The fraction of sp³-hybridized carbons (Fsp3) is 0.533. The molecule has 1 heterocycles. The number of hydrogen-bond donors (Lipinski definition) is 2. The molecule has 2 aromatic rings. The molecule has 3 rings (SSSR count). The molecule has 204 valence electrons. The molecule has 2 N–H and O–H groups in total. The van der Waals surface area contributed by atoms with Gasteiger partial charge in [-0.15, -0.1) is 0 Å². The van der Waals surface area contributed by atoms with Crippen molar-refractivity contribution in [2.75, 3.05) is 6.61 Å². The van der Waals surface area contributed by atoms with Crippen molar-refractivity contribution in [1.29, 1.82) is 0 Å². The van der Waals surface area contributed by atoms with Gasteiger partial charge in [-0.1, -0.05) is 41.5 Å². The molecule has 0 fully saturated rings. The topological polar surface area (TPSA) is 68.2 Å². The molecule has 0 unspecified atom stereocenters. The Bertz CT molecular complexity index is 1190. The second kappa shape index (κ2) is 9.51. The van der Waals surface area contributed by atoms with Crippen LogP contribution < -0.4 is 13.6 Å². The maximum Gasteiger partial charge on any atom is 0.250 e. The van der Waals surface area contributed by atoms with E-state index in [1.54, 1.807) is 19.9 Å². The Balaban J connectivity index is 2.04. The van der Waals surface area contributed by atoms with Gasteiger partial charge in [0.15, 0.2) is 0 Å². The summed E-state index contributed by atoms with van der Waals surface area (Å²) in [4.78, 5) is 0. The van der Waals surface area contributed by atoms with Gasteiger partial charge in [0, 0.05) is 34.4 Å². The Morgan fingerprint density at radius 2 is 1.19 bits per heavy atom. The van der Waals surface area contributed by atoms with Crippen LogP contribution >= 0.6 is 0 Å². The van der Waals surface area contributed by atoms with E-state index in [9.17, 15) is 10.2 Å². The largest absolute Gasteiger partial charge is 0.543 e. The van der Waals surface area contributed by atoms with Crippen LogP contribution in [0.2, 0.25) is 36.3 Å². The van der Waals surface area contributed by atoms with E-state index in [0.717, 1.165) is 22.5 Å². The van der Waals surface area contributed by atoms with Crippen molar-refractivity contribution < 1.29 is 23.8 Å². The van der Waals surface area contributed by atoms with Gasteiger partial charge in [-0.05, 0) is 74.4 Å². The van der Waals surface area contributed by atoms with E-state index in [1.807, 2.05) is 30.3 Å². The van der Waals surface area contributed by atoms with Crippen LogP contribution in [-0.4, -0.2) is 39.1 Å². The van der Waals surface area contributed by atoms with Crippen molar-refractivity contribution in [3.8, 4) is 23.0 Å². The molecular formula is C30H46O5Si2. The first-order valence-corrected chi connectivity index (χ1v) is 18.9. The van der Waals surface area contributed by atoms with Crippen LogP contribution in [0.5, 0.6) is 23.0 Å². The van der Waals surface area contributed by atoms with Crippen molar-refractivity contribution in [3.63, 3.8) is 0 Å². The summed E-state index contributed by atoms with van der Waals surface area (Å²) < 4.78 is 19.1. The van der Waals surface area contributed by atoms with Crippen molar-refractivity contribution in [1.82, 2.24) is 0 Å². The first-order valence-electron chi connectivity index (χ1n) is 13.1. The summed E-state index contributed by atoms with van der Waals surface area (Å²) in [6, 6.07) is 11.3. The van der Waals surface area contributed by atoms with E-state index in [2.05, 4.69) is 67.7 Å². The number of fused-ring (bicyclic) bond motifs is 1. The monoisotopic (exact) mass is 542 g/mol. The Kier molecular flexibility index (Phi) is 7.54. The zero-order chi connectivity index (χ0) is 28.2. The molecule has 0 amide bonds. The highest BCUT2D eigenvalue weighted by molar-refractivity contribution is 6.75. The molecule has 5 nitrogen and oxygen atoms in total. The fourth-order valence-corrected chi connectivity index (χ4v) is 5.96. The third kappa shape index (κ3) is 6.10. The minimum Gasteiger partial charge on any atom is -0.543 e. The van der Waals surface area contributed by atoms with E-state index in [0.29, 0.717) is 17.1 Å². The number of rotatable bonds is 6. The van der Waals surface area contributed by atoms with Crippen LogP contribution in [0.3, 0.4) is 0 Å². The van der Waals surface area contributed by atoms with E-state index in [-0.39, 0.29) is 22.4 Å². The van der Waals surface area contributed by atoms with E-state index in [1.165, 1.54) is 0 Å². The third-order valence-corrected chi connectivity index (χ3v) is 16.9. The maximum atomic E-state index is 11.2. The molecule has 1 aliphatic rings. The van der Waals surface area contributed by atoms with Crippen molar-refractivity contribution in [3.05, 3.63) is 47.5 Å². The van der Waals surface area contributed by atoms with Gasteiger partial charge >= 0.3 is 0 Å². The fourth-order valence-electron chi connectivity index (χ4n) is 3.91. The maximum absolute atomic E-state index is 11.2. The third-order valence-electron chi connectivity index (χ3n) is 8.16. The van der Waals surface area contributed by atoms with Gasteiger partial charge in [0.2, 0.25) is 16.6 Å². The molecule has 2 aromatic carbocycles. The Labute approximate surface area is 225 Å². The van der Waals surface area contributed by atoms with Crippen LogP contribution in [-0.2, 0) is 0 Å². The Hall–Kier alpha value is -2.23. The van der Waals surface area contributed by atoms with E-state index >= 15 is 0 Å². The Morgan fingerprint density at radius 3 is 1.62 bits per heavy atom. The number of aliphatic hydroxyl groups is 1. The number of phenols is 1. The van der Waals surface area contributed by atoms with Gasteiger partial charge in [0.05, 0.1) is 5.60 Å². The lowest BCUT2D eigenvalue weighted by Crippen LogP contribution is -2.43. The first-order chi connectivity index (χ1) is 16.6. The van der Waals surface area contributed by atoms with Crippen molar-refractivity contribution in [2.45, 2.75) is 97.3 Å². The van der Waals surface area contributed by atoms with E-state index in [4.69, 9.17) is 13.6 Å². The quantitative estimate of drug-likeness (QED) is 0.360. The SMILES string of the molecule is CC(C)(O)C1=C(c2ccc(O[Si](C)(C)C(C)(C)C)cc2O)COc2cc(O[Si](C)(C)C(C)(C)C)ccc21.